The van der Waals surface area contributed by atoms with E-state index < -0.39 is 34.6 Å². The Kier molecular flexibility index (Phi) is 7.26. The van der Waals surface area contributed by atoms with E-state index in [4.69, 9.17) is 28.4 Å². The van der Waals surface area contributed by atoms with Crippen LogP contribution in [0.2, 0.25) is 0 Å². The first kappa shape index (κ1) is 27.9. The van der Waals surface area contributed by atoms with Gasteiger partial charge < -0.3 is 33.7 Å². The van der Waals surface area contributed by atoms with Crippen LogP contribution in [0.5, 0.6) is 28.7 Å². The fourth-order valence-electron chi connectivity index (χ4n) is 6.11. The molecule has 43 heavy (non-hydrogen) atoms. The van der Waals surface area contributed by atoms with Gasteiger partial charge in [-0.25, -0.2) is 0 Å². The number of carbonyl (C=O) groups is 2. The van der Waals surface area contributed by atoms with Gasteiger partial charge in [-0.1, -0.05) is 0 Å². The first-order valence-electron chi connectivity index (χ1n) is 13.5. The summed E-state index contributed by atoms with van der Waals surface area (Å²) in [5.41, 5.74) is 2.85. The molecular formula is C31H28N2O10. The van der Waals surface area contributed by atoms with Crippen LogP contribution in [-0.4, -0.2) is 51.5 Å². The fourth-order valence-corrected chi connectivity index (χ4v) is 6.11. The minimum absolute atomic E-state index is 0.0438. The summed E-state index contributed by atoms with van der Waals surface area (Å²) in [6.45, 7) is 0.159. The van der Waals surface area contributed by atoms with Crippen LogP contribution in [-0.2, 0) is 14.3 Å². The molecule has 3 aliphatic rings. The van der Waals surface area contributed by atoms with Gasteiger partial charge in [0.15, 0.2) is 23.0 Å². The van der Waals surface area contributed by atoms with Crippen LogP contribution in [0.3, 0.4) is 0 Å². The van der Waals surface area contributed by atoms with Gasteiger partial charge in [-0.3, -0.25) is 19.7 Å². The smallest absolute Gasteiger partial charge is 0.310 e. The average molecular weight is 589 g/mol. The maximum atomic E-state index is 13.3. The molecule has 12 nitrogen and oxygen atoms in total. The molecule has 1 N–H and O–H groups in total. The van der Waals surface area contributed by atoms with E-state index >= 15 is 0 Å². The van der Waals surface area contributed by atoms with Crippen molar-refractivity contribution in [3.63, 3.8) is 0 Å². The lowest BCUT2D eigenvalue weighted by Gasteiger charge is -2.39. The third-order valence-corrected chi connectivity index (χ3v) is 8.06. The first-order chi connectivity index (χ1) is 20.8. The largest absolute Gasteiger partial charge is 0.493 e. The highest BCUT2D eigenvalue weighted by Gasteiger charge is 2.53. The van der Waals surface area contributed by atoms with E-state index in [2.05, 4.69) is 5.32 Å². The molecule has 3 aromatic rings. The van der Waals surface area contributed by atoms with Gasteiger partial charge in [0.05, 0.1) is 44.8 Å². The molecule has 2 aliphatic heterocycles. The third-order valence-electron chi connectivity index (χ3n) is 8.06. The summed E-state index contributed by atoms with van der Waals surface area (Å²) in [5, 5.41) is 14.0. The Morgan fingerprint density at radius 3 is 2.21 bits per heavy atom. The van der Waals surface area contributed by atoms with E-state index in [-0.39, 0.29) is 25.1 Å². The Morgan fingerprint density at radius 1 is 0.953 bits per heavy atom. The number of cyclic esters (lactones) is 1. The number of carbonyl (C=O) groups excluding carboxylic acids is 2. The van der Waals surface area contributed by atoms with E-state index in [0.717, 1.165) is 16.7 Å². The molecule has 12 heteroatoms. The second kappa shape index (κ2) is 11.2. The van der Waals surface area contributed by atoms with Crippen LogP contribution in [0, 0.1) is 22.0 Å². The van der Waals surface area contributed by atoms with Crippen molar-refractivity contribution in [1.29, 1.82) is 0 Å². The van der Waals surface area contributed by atoms with Crippen LogP contribution in [0.15, 0.2) is 54.6 Å². The minimum atomic E-state index is -0.639. The lowest BCUT2D eigenvalue weighted by molar-refractivity contribution is -0.384. The number of nitro benzene ring substituents is 1. The summed E-state index contributed by atoms with van der Waals surface area (Å²) in [6, 6.07) is 12.6. The zero-order valence-corrected chi connectivity index (χ0v) is 23.5. The molecule has 1 amide bonds. The number of nitro groups is 1. The third kappa shape index (κ3) is 4.94. The van der Waals surface area contributed by atoms with Crippen LogP contribution in [0.1, 0.15) is 34.2 Å². The Morgan fingerprint density at radius 2 is 1.60 bits per heavy atom. The van der Waals surface area contributed by atoms with Crippen molar-refractivity contribution in [3.8, 4) is 28.7 Å². The highest BCUT2D eigenvalue weighted by molar-refractivity contribution is 5.92. The number of nitrogens with one attached hydrogen (secondary N) is 1. The van der Waals surface area contributed by atoms with E-state index in [0.29, 0.717) is 34.3 Å². The van der Waals surface area contributed by atoms with E-state index in [1.54, 1.807) is 18.2 Å². The Hall–Kier alpha value is -5.26. The average Bonchev–Trinajstić information content (AvgIpc) is 3.64. The lowest BCUT2D eigenvalue weighted by Crippen LogP contribution is -2.42. The second-order valence-electron chi connectivity index (χ2n) is 10.3. The number of hydrogen-bond donors (Lipinski definition) is 1. The second-order valence-corrected chi connectivity index (χ2v) is 10.3. The zero-order chi connectivity index (χ0) is 30.2. The number of benzene rings is 3. The summed E-state index contributed by atoms with van der Waals surface area (Å²) < 4.78 is 33.7. The standard InChI is InChI=1S/C31H28N2O10/c1-38-24-10-17(11-25(39-2)30(24)40-3)27-19-12-22-23(43-15-42-22)13-20(19)29(21-14-41-31(35)28(21)27)32-26(34)9-6-16-4-7-18(8-5-16)33(36)37/h4-13,21,27-29H,14-15H2,1-3H3,(H,32,34)/b9-6+/t21-,27+,28-,29+/m0/s1. The molecule has 1 aliphatic carbocycles. The molecule has 3 aromatic carbocycles. The van der Waals surface area contributed by atoms with Crippen molar-refractivity contribution in [1.82, 2.24) is 5.32 Å². The van der Waals surface area contributed by atoms with Gasteiger partial charge in [0.25, 0.3) is 5.69 Å². The van der Waals surface area contributed by atoms with Crippen LogP contribution in [0.4, 0.5) is 5.69 Å². The molecule has 6 rings (SSSR count). The SMILES string of the molecule is COc1cc([C@@H]2c3cc4c(cc3[C@@H](NC(=O)/C=C/c3ccc([N+](=O)[O-])cc3)[C@H]3COC(=O)[C@H]23)OCO4)cc(OC)c1OC. The van der Waals surface area contributed by atoms with Gasteiger partial charge in [-0.05, 0) is 64.7 Å². The molecule has 0 spiro atoms. The van der Waals surface area contributed by atoms with Gasteiger partial charge >= 0.3 is 5.97 Å². The van der Waals surface area contributed by atoms with Crippen molar-refractivity contribution in [3.05, 3.63) is 87.0 Å². The van der Waals surface area contributed by atoms with Crippen molar-refractivity contribution in [2.24, 2.45) is 11.8 Å². The molecular weight excluding hydrogens is 560 g/mol. The first-order valence-corrected chi connectivity index (χ1v) is 13.5. The molecule has 1 fully saturated rings. The molecule has 0 bridgehead atoms. The molecule has 0 unspecified atom stereocenters. The number of nitrogens with zero attached hydrogens (tertiary/aromatic N) is 1. The van der Waals surface area contributed by atoms with E-state index in [1.165, 1.54) is 39.5 Å². The maximum Gasteiger partial charge on any atom is 0.310 e. The van der Waals surface area contributed by atoms with Gasteiger partial charge in [-0.15, -0.1) is 0 Å². The number of rotatable bonds is 8. The molecule has 4 atom stereocenters. The fraction of sp³-hybridized carbons (Fsp3) is 0.290. The quantitative estimate of drug-likeness (QED) is 0.176. The van der Waals surface area contributed by atoms with E-state index in [9.17, 15) is 19.7 Å². The van der Waals surface area contributed by atoms with Crippen molar-refractivity contribution in [2.45, 2.75) is 12.0 Å². The predicted octanol–water partition coefficient (Wildman–Crippen LogP) is 4.15. The van der Waals surface area contributed by atoms with Crippen molar-refractivity contribution < 1.29 is 42.9 Å². The van der Waals surface area contributed by atoms with Gasteiger partial charge in [0, 0.05) is 30.0 Å². The normalized spacial score (nSPS) is 21.5. The molecule has 222 valence electrons. The van der Waals surface area contributed by atoms with Crippen molar-refractivity contribution in [2.75, 3.05) is 34.7 Å². The van der Waals surface area contributed by atoms with Gasteiger partial charge in [-0.2, -0.15) is 0 Å². The topological polar surface area (TPSA) is 145 Å². The number of fused-ring (bicyclic) bond motifs is 3. The number of esters is 1. The number of non-ortho nitro benzene ring substituents is 1. The monoisotopic (exact) mass is 588 g/mol. The number of methoxy groups -OCH3 is 3. The maximum absolute atomic E-state index is 13.3. The molecule has 0 aromatic heterocycles. The summed E-state index contributed by atoms with van der Waals surface area (Å²) >= 11 is 0. The Labute approximate surface area is 246 Å². The van der Waals surface area contributed by atoms with Crippen LogP contribution in [0.25, 0.3) is 6.08 Å². The Bertz CT molecular complexity index is 1610. The summed E-state index contributed by atoms with van der Waals surface area (Å²) in [6.07, 6.45) is 2.92. The predicted molar refractivity (Wildman–Crippen MR) is 151 cm³/mol. The number of ether oxygens (including phenoxy) is 6. The van der Waals surface area contributed by atoms with Crippen LogP contribution < -0.4 is 29.0 Å². The summed E-state index contributed by atoms with van der Waals surface area (Å²) in [7, 11) is 4.57. The molecule has 0 saturated carbocycles. The number of amides is 1. The summed E-state index contributed by atoms with van der Waals surface area (Å²) in [4.78, 5) is 37.0. The molecule has 1 saturated heterocycles. The lowest BCUT2D eigenvalue weighted by atomic mass is 9.65. The van der Waals surface area contributed by atoms with E-state index in [1.807, 2.05) is 24.3 Å². The zero-order valence-electron chi connectivity index (χ0n) is 23.5. The molecule has 0 radical (unpaired) electrons. The van der Waals surface area contributed by atoms with Gasteiger partial charge in [0.2, 0.25) is 18.4 Å². The highest BCUT2D eigenvalue weighted by Crippen LogP contribution is 2.55. The summed E-state index contributed by atoms with van der Waals surface area (Å²) in [5.74, 6) is 0.0523. The minimum Gasteiger partial charge on any atom is -0.493 e. The highest BCUT2D eigenvalue weighted by atomic mass is 16.7. The molecule has 2 heterocycles. The van der Waals surface area contributed by atoms with Gasteiger partial charge in [0.1, 0.15) is 0 Å². The number of hydrogen-bond acceptors (Lipinski definition) is 10. The van der Waals surface area contributed by atoms with Crippen LogP contribution >= 0.6 is 0 Å². The Balaban J connectivity index is 1.41. The van der Waals surface area contributed by atoms with Crippen molar-refractivity contribution >= 4 is 23.6 Å².